The molecular formula is C28H22F2N4O2. The van der Waals surface area contributed by atoms with Crippen molar-refractivity contribution < 1.29 is 18.0 Å². The number of carbonyl (C=O) groups excluding carboxylic acids is 1. The largest absolute Gasteiger partial charge is 0.423 e. The molecule has 2 N–H and O–H groups in total. The van der Waals surface area contributed by atoms with E-state index in [2.05, 4.69) is 26.7 Å². The molecule has 4 aromatic rings. The van der Waals surface area contributed by atoms with E-state index in [1.54, 1.807) is 6.07 Å². The molecule has 1 aromatic heterocycles. The SMILES string of the molecule is Cc1cccc(C2CC(=O)C3=C(C2)NC(Nc2nc4ccccc4o2)=NC3c2cc(F)cc(F)c2)c1. The number of hydrogen-bond acceptors (Lipinski definition) is 6. The number of halogens is 2. The normalized spacial score (nSPS) is 19.6. The van der Waals surface area contributed by atoms with E-state index < -0.39 is 17.7 Å². The molecule has 2 unspecified atom stereocenters. The molecule has 3 aromatic carbocycles. The minimum Gasteiger partial charge on any atom is -0.423 e. The molecule has 8 heteroatoms. The number of nitrogens with zero attached hydrogens (tertiary/aromatic N) is 2. The first-order valence-electron chi connectivity index (χ1n) is 11.7. The standard InChI is InChI=1S/C28H22F2N4O2/c1-15-5-4-6-16(9-15)17-12-22-25(23(35)13-17)26(18-10-19(29)14-20(30)11-18)33-27(31-22)34-28-32-21-7-2-3-8-24(21)36-28/h2-11,14,17,26H,12-13H2,1H3,(H2,31,32,33,34). The Morgan fingerprint density at radius 2 is 1.78 bits per heavy atom. The lowest BCUT2D eigenvalue weighted by Gasteiger charge is -2.34. The van der Waals surface area contributed by atoms with Crippen molar-refractivity contribution in [3.05, 3.63) is 106 Å². The Balaban J connectivity index is 1.40. The molecule has 0 fully saturated rings. The molecule has 1 aliphatic heterocycles. The summed E-state index contributed by atoms with van der Waals surface area (Å²) in [6, 6.07) is 18.0. The summed E-state index contributed by atoms with van der Waals surface area (Å²) in [6.07, 6.45) is 0.842. The Morgan fingerprint density at radius 3 is 2.56 bits per heavy atom. The highest BCUT2D eigenvalue weighted by molar-refractivity contribution is 6.03. The first-order valence-corrected chi connectivity index (χ1v) is 11.7. The summed E-state index contributed by atoms with van der Waals surface area (Å²) >= 11 is 0. The van der Waals surface area contributed by atoms with Gasteiger partial charge in [-0.05, 0) is 54.7 Å². The number of carbonyl (C=O) groups is 1. The van der Waals surface area contributed by atoms with Gasteiger partial charge in [0.25, 0.3) is 0 Å². The third kappa shape index (κ3) is 4.15. The summed E-state index contributed by atoms with van der Waals surface area (Å²) in [4.78, 5) is 22.5. The highest BCUT2D eigenvalue weighted by Gasteiger charge is 2.37. The number of benzene rings is 3. The molecule has 1 aliphatic carbocycles. The highest BCUT2D eigenvalue weighted by atomic mass is 19.1. The van der Waals surface area contributed by atoms with E-state index in [4.69, 9.17) is 4.42 Å². The van der Waals surface area contributed by atoms with Crippen LogP contribution in [0.1, 0.15) is 41.5 Å². The number of oxazole rings is 1. The fourth-order valence-electron chi connectivity index (χ4n) is 4.96. The number of Topliss-reactive ketones (excluding diaryl/α,β-unsaturated/α-hetero) is 1. The third-order valence-corrected chi connectivity index (χ3v) is 6.54. The van der Waals surface area contributed by atoms with Gasteiger partial charge < -0.3 is 9.73 Å². The van der Waals surface area contributed by atoms with Gasteiger partial charge in [-0.15, -0.1) is 0 Å². The molecule has 0 radical (unpaired) electrons. The topological polar surface area (TPSA) is 79.5 Å². The first-order chi connectivity index (χ1) is 17.4. The maximum atomic E-state index is 14.1. The molecule has 0 bridgehead atoms. The number of guanidine groups is 1. The summed E-state index contributed by atoms with van der Waals surface area (Å²) in [5.41, 5.74) is 4.82. The van der Waals surface area contributed by atoms with Gasteiger partial charge in [-0.2, -0.15) is 4.98 Å². The predicted octanol–water partition coefficient (Wildman–Crippen LogP) is 5.93. The van der Waals surface area contributed by atoms with Crippen molar-refractivity contribution in [2.24, 2.45) is 4.99 Å². The Hall–Kier alpha value is -4.33. The summed E-state index contributed by atoms with van der Waals surface area (Å²) in [7, 11) is 0. The summed E-state index contributed by atoms with van der Waals surface area (Å²) in [6.45, 7) is 2.02. The lowest BCUT2D eigenvalue weighted by Crippen LogP contribution is -2.40. The Morgan fingerprint density at radius 1 is 0.972 bits per heavy atom. The smallest absolute Gasteiger partial charge is 0.302 e. The second kappa shape index (κ2) is 8.71. The molecule has 0 amide bonds. The first kappa shape index (κ1) is 22.2. The van der Waals surface area contributed by atoms with E-state index in [9.17, 15) is 13.6 Å². The average molecular weight is 485 g/mol. The quantitative estimate of drug-likeness (QED) is 0.377. The minimum absolute atomic E-state index is 0.0304. The Labute approximate surface area is 205 Å². The fourth-order valence-corrected chi connectivity index (χ4v) is 4.96. The van der Waals surface area contributed by atoms with E-state index in [-0.39, 0.29) is 29.2 Å². The van der Waals surface area contributed by atoms with Gasteiger partial charge in [-0.3, -0.25) is 10.1 Å². The van der Waals surface area contributed by atoms with Crippen LogP contribution in [0.2, 0.25) is 0 Å². The fraction of sp³-hybridized carbons (Fsp3) is 0.179. The molecule has 2 aliphatic rings. The third-order valence-electron chi connectivity index (χ3n) is 6.54. The van der Waals surface area contributed by atoms with Crippen molar-refractivity contribution in [1.82, 2.24) is 10.3 Å². The zero-order chi connectivity index (χ0) is 24.8. The molecule has 2 heterocycles. The van der Waals surface area contributed by atoms with Gasteiger partial charge in [0.05, 0.1) is 0 Å². The number of aromatic nitrogens is 1. The number of para-hydroxylation sites is 2. The molecule has 2 atom stereocenters. The Kier molecular flexibility index (Phi) is 5.36. The van der Waals surface area contributed by atoms with E-state index in [0.29, 0.717) is 35.2 Å². The van der Waals surface area contributed by atoms with Crippen LogP contribution in [0.25, 0.3) is 11.1 Å². The number of allylic oxidation sites excluding steroid dienone is 1. The zero-order valence-electron chi connectivity index (χ0n) is 19.4. The number of ketones is 1. The van der Waals surface area contributed by atoms with Crippen molar-refractivity contribution in [3.8, 4) is 0 Å². The van der Waals surface area contributed by atoms with Crippen LogP contribution in [0.5, 0.6) is 0 Å². The molecule has 0 saturated heterocycles. The van der Waals surface area contributed by atoms with E-state index in [1.165, 1.54) is 12.1 Å². The minimum atomic E-state index is -0.871. The molecule has 6 rings (SSSR count). The molecular weight excluding hydrogens is 462 g/mol. The van der Waals surface area contributed by atoms with E-state index in [1.807, 2.05) is 43.3 Å². The highest BCUT2D eigenvalue weighted by Crippen LogP contribution is 2.42. The molecule has 6 nitrogen and oxygen atoms in total. The van der Waals surface area contributed by atoms with Crippen LogP contribution in [0.4, 0.5) is 14.8 Å². The predicted molar refractivity (Wildman–Crippen MR) is 132 cm³/mol. The second-order valence-electron chi connectivity index (χ2n) is 9.15. The van der Waals surface area contributed by atoms with Gasteiger partial charge in [-0.1, -0.05) is 42.0 Å². The summed E-state index contributed by atoms with van der Waals surface area (Å²) in [5.74, 6) is -1.30. The maximum absolute atomic E-state index is 14.1. The van der Waals surface area contributed by atoms with Crippen LogP contribution in [-0.4, -0.2) is 16.7 Å². The Bertz CT molecular complexity index is 1520. The van der Waals surface area contributed by atoms with Gasteiger partial charge in [-0.25, -0.2) is 13.8 Å². The van der Waals surface area contributed by atoms with Gasteiger partial charge >= 0.3 is 6.01 Å². The number of aliphatic imine (C=N–C) groups is 1. The average Bonchev–Trinajstić information content (AvgIpc) is 3.25. The lowest BCUT2D eigenvalue weighted by molar-refractivity contribution is -0.116. The van der Waals surface area contributed by atoms with Crippen LogP contribution in [0.15, 0.2) is 87.4 Å². The molecule has 0 spiro atoms. The maximum Gasteiger partial charge on any atom is 0.302 e. The van der Waals surface area contributed by atoms with Crippen LogP contribution in [0, 0.1) is 18.6 Å². The number of anilines is 1. The van der Waals surface area contributed by atoms with Gasteiger partial charge in [0.2, 0.25) is 5.96 Å². The van der Waals surface area contributed by atoms with E-state index in [0.717, 1.165) is 17.2 Å². The number of rotatable bonds is 3. The van der Waals surface area contributed by atoms with Crippen molar-refractivity contribution in [2.45, 2.75) is 31.7 Å². The van der Waals surface area contributed by atoms with Gasteiger partial charge in [0, 0.05) is 23.8 Å². The van der Waals surface area contributed by atoms with Crippen molar-refractivity contribution >= 4 is 28.9 Å². The number of aryl methyl sites for hydroxylation is 1. The molecule has 36 heavy (non-hydrogen) atoms. The second-order valence-corrected chi connectivity index (χ2v) is 9.15. The van der Waals surface area contributed by atoms with Crippen LogP contribution in [0.3, 0.4) is 0 Å². The zero-order valence-corrected chi connectivity index (χ0v) is 19.4. The lowest BCUT2D eigenvalue weighted by atomic mass is 9.78. The number of hydrogen-bond donors (Lipinski definition) is 2. The van der Waals surface area contributed by atoms with Crippen molar-refractivity contribution in [1.29, 1.82) is 0 Å². The molecule has 180 valence electrons. The number of fused-ring (bicyclic) bond motifs is 1. The monoisotopic (exact) mass is 484 g/mol. The van der Waals surface area contributed by atoms with Crippen molar-refractivity contribution in [3.63, 3.8) is 0 Å². The summed E-state index contributed by atoms with van der Waals surface area (Å²) in [5, 5.41) is 6.27. The van der Waals surface area contributed by atoms with Gasteiger partial charge in [0.15, 0.2) is 11.4 Å². The number of nitrogens with one attached hydrogen (secondary N) is 2. The van der Waals surface area contributed by atoms with Crippen LogP contribution < -0.4 is 10.6 Å². The van der Waals surface area contributed by atoms with Crippen molar-refractivity contribution in [2.75, 3.05) is 5.32 Å². The van der Waals surface area contributed by atoms with Gasteiger partial charge in [0.1, 0.15) is 23.2 Å². The van der Waals surface area contributed by atoms with Crippen LogP contribution in [-0.2, 0) is 4.79 Å². The van der Waals surface area contributed by atoms with E-state index >= 15 is 0 Å². The molecule has 0 saturated carbocycles. The summed E-state index contributed by atoms with van der Waals surface area (Å²) < 4.78 is 34.0. The van der Waals surface area contributed by atoms with Crippen LogP contribution >= 0.6 is 0 Å².